The molecule has 0 bridgehead atoms. The van der Waals surface area contributed by atoms with Crippen LogP contribution in [-0.4, -0.2) is 6.03 Å². The summed E-state index contributed by atoms with van der Waals surface area (Å²) in [6.07, 6.45) is -3.21. The number of aryl methyl sites for hydroxylation is 1. The Hall–Kier alpha value is -2.62. The third-order valence-corrected chi connectivity index (χ3v) is 6.56. The minimum Gasteiger partial charge on any atom is -0.270 e. The number of anilines is 1. The van der Waals surface area contributed by atoms with Crippen molar-refractivity contribution in [2.24, 2.45) is 0 Å². The van der Waals surface area contributed by atoms with Gasteiger partial charge in [0, 0.05) is 15.1 Å². The Kier molecular flexibility index (Phi) is 6.89. The van der Waals surface area contributed by atoms with Crippen LogP contribution in [0.5, 0.6) is 0 Å². The van der Waals surface area contributed by atoms with Crippen LogP contribution in [0.4, 0.5) is 28.0 Å². The summed E-state index contributed by atoms with van der Waals surface area (Å²) in [6.45, 7) is 0. The van der Waals surface area contributed by atoms with E-state index in [1.165, 1.54) is 29.2 Å². The number of nitrogens with zero attached hydrogens (tertiary/aromatic N) is 1. The second-order valence-electron chi connectivity index (χ2n) is 7.87. The van der Waals surface area contributed by atoms with Crippen LogP contribution < -0.4 is 15.8 Å². The largest absolute Gasteiger partial charge is 0.416 e. The molecule has 1 saturated heterocycles. The Balaban J connectivity index is 1.77. The number of para-hydroxylation sites is 1. The molecule has 0 radical (unpaired) electrons. The van der Waals surface area contributed by atoms with Crippen molar-refractivity contribution in [3.8, 4) is 0 Å². The van der Waals surface area contributed by atoms with Gasteiger partial charge in [-0.15, -0.1) is 0 Å². The number of rotatable bonds is 6. The number of carbonyl (C=O) groups excluding carboxylic acids is 1. The van der Waals surface area contributed by atoms with Gasteiger partial charge in [0.2, 0.25) is 0 Å². The standard InChI is InChI=1S/C24H19BrClF4N3O/c25-17-10-7-15(8-11-17)4-3-13-23(18-12-9-16(14-19(18)26)24(28,29)30)32-31-22(34)33(23)21-6-2-1-5-20(21)27/h1-2,5-12,14,32H,3-4,13H2,(H,31,34). The minimum absolute atomic E-state index is 0.0235. The van der Waals surface area contributed by atoms with Crippen molar-refractivity contribution in [2.45, 2.75) is 31.1 Å². The van der Waals surface area contributed by atoms with Gasteiger partial charge in [0.05, 0.1) is 11.3 Å². The van der Waals surface area contributed by atoms with E-state index in [4.69, 9.17) is 11.6 Å². The molecule has 4 rings (SSSR count). The van der Waals surface area contributed by atoms with Crippen molar-refractivity contribution < 1.29 is 22.4 Å². The summed E-state index contributed by atoms with van der Waals surface area (Å²) < 4.78 is 55.4. The van der Waals surface area contributed by atoms with Crippen LogP contribution in [0.15, 0.2) is 71.2 Å². The van der Waals surface area contributed by atoms with Gasteiger partial charge in [0.25, 0.3) is 0 Å². The number of halogens is 6. The first-order valence-electron chi connectivity index (χ1n) is 10.4. The van der Waals surface area contributed by atoms with Gasteiger partial charge in [0.1, 0.15) is 11.5 Å². The fourth-order valence-corrected chi connectivity index (χ4v) is 4.71. The number of nitrogens with one attached hydrogen (secondary N) is 2. The van der Waals surface area contributed by atoms with Crippen molar-refractivity contribution in [2.75, 3.05) is 4.90 Å². The summed E-state index contributed by atoms with van der Waals surface area (Å²) in [5.74, 6) is -0.651. The van der Waals surface area contributed by atoms with Crippen LogP contribution in [0.25, 0.3) is 0 Å². The molecular weight excluding hydrogens is 538 g/mol. The van der Waals surface area contributed by atoms with E-state index >= 15 is 0 Å². The van der Waals surface area contributed by atoms with E-state index in [0.717, 1.165) is 22.2 Å². The first-order valence-corrected chi connectivity index (χ1v) is 11.5. The lowest BCUT2D eigenvalue weighted by Crippen LogP contribution is -2.51. The van der Waals surface area contributed by atoms with Gasteiger partial charge in [-0.05, 0) is 61.2 Å². The maximum absolute atomic E-state index is 14.8. The predicted octanol–water partition coefficient (Wildman–Crippen LogP) is 7.17. The number of carbonyl (C=O) groups is 1. The molecule has 10 heteroatoms. The summed E-state index contributed by atoms with van der Waals surface area (Å²) in [4.78, 5) is 14.1. The van der Waals surface area contributed by atoms with E-state index in [9.17, 15) is 22.4 Å². The number of urea groups is 1. The molecule has 1 unspecified atom stereocenters. The molecule has 0 saturated carbocycles. The topological polar surface area (TPSA) is 44.4 Å². The highest BCUT2D eigenvalue weighted by atomic mass is 79.9. The van der Waals surface area contributed by atoms with Crippen molar-refractivity contribution in [1.29, 1.82) is 0 Å². The molecule has 1 heterocycles. The maximum Gasteiger partial charge on any atom is 0.416 e. The van der Waals surface area contributed by atoms with Gasteiger partial charge in [-0.2, -0.15) is 13.2 Å². The number of hydrogen-bond donors (Lipinski definition) is 2. The first-order chi connectivity index (χ1) is 16.1. The summed E-state index contributed by atoms with van der Waals surface area (Å²) in [7, 11) is 0. The second-order valence-corrected chi connectivity index (χ2v) is 9.20. The summed E-state index contributed by atoms with van der Waals surface area (Å²) >= 11 is 9.74. The van der Waals surface area contributed by atoms with Gasteiger partial charge in [-0.25, -0.2) is 14.6 Å². The molecule has 1 aliphatic rings. The third-order valence-electron chi connectivity index (χ3n) is 5.71. The predicted molar refractivity (Wildman–Crippen MR) is 126 cm³/mol. The number of hydrazine groups is 1. The average Bonchev–Trinajstić information content (AvgIpc) is 3.11. The van der Waals surface area contributed by atoms with E-state index in [2.05, 4.69) is 26.8 Å². The van der Waals surface area contributed by atoms with Crippen LogP contribution in [0.2, 0.25) is 5.02 Å². The van der Waals surface area contributed by atoms with Crippen LogP contribution in [0, 0.1) is 5.82 Å². The van der Waals surface area contributed by atoms with Crippen LogP contribution >= 0.6 is 27.5 Å². The van der Waals surface area contributed by atoms with E-state index < -0.39 is 29.3 Å². The first kappa shape index (κ1) is 24.5. The quantitative estimate of drug-likeness (QED) is 0.316. The summed E-state index contributed by atoms with van der Waals surface area (Å²) in [5, 5.41) is -0.191. The molecule has 1 atom stereocenters. The number of benzene rings is 3. The van der Waals surface area contributed by atoms with Crippen LogP contribution in [0.1, 0.15) is 29.5 Å². The molecule has 2 N–H and O–H groups in total. The van der Waals surface area contributed by atoms with E-state index in [1.54, 1.807) is 6.07 Å². The Morgan fingerprint density at radius 3 is 2.38 bits per heavy atom. The molecule has 3 aromatic rings. The highest BCUT2D eigenvalue weighted by molar-refractivity contribution is 9.10. The zero-order valence-corrected chi connectivity index (χ0v) is 19.9. The molecule has 0 aliphatic carbocycles. The molecule has 0 aromatic heterocycles. The van der Waals surface area contributed by atoms with Crippen molar-refractivity contribution in [3.05, 3.63) is 98.7 Å². The Bertz CT molecular complexity index is 1210. The lowest BCUT2D eigenvalue weighted by Gasteiger charge is -2.38. The van der Waals surface area contributed by atoms with E-state index in [-0.39, 0.29) is 22.7 Å². The summed E-state index contributed by atoms with van der Waals surface area (Å²) in [5.41, 5.74) is 4.28. The molecule has 178 valence electrons. The normalized spacial score (nSPS) is 18.3. The fourth-order valence-electron chi connectivity index (χ4n) is 4.11. The zero-order valence-electron chi connectivity index (χ0n) is 17.6. The molecule has 4 nitrogen and oxygen atoms in total. The Morgan fingerprint density at radius 1 is 1.03 bits per heavy atom. The maximum atomic E-state index is 14.8. The van der Waals surface area contributed by atoms with Crippen molar-refractivity contribution in [3.63, 3.8) is 0 Å². The Morgan fingerprint density at radius 2 is 1.74 bits per heavy atom. The third kappa shape index (κ3) is 4.78. The highest BCUT2D eigenvalue weighted by Crippen LogP contribution is 2.43. The SMILES string of the molecule is O=C1NNC(CCCc2ccc(Br)cc2)(c2ccc(C(F)(F)F)cc2Cl)N1c1ccccc1F. The van der Waals surface area contributed by atoms with Gasteiger partial charge < -0.3 is 0 Å². The smallest absolute Gasteiger partial charge is 0.270 e. The van der Waals surface area contributed by atoms with Crippen molar-refractivity contribution >= 4 is 39.2 Å². The average molecular weight is 557 g/mol. The summed E-state index contributed by atoms with van der Waals surface area (Å²) in [6, 6.07) is 15.7. The van der Waals surface area contributed by atoms with Gasteiger partial charge in [-0.1, -0.05) is 57.9 Å². The monoisotopic (exact) mass is 555 g/mol. The molecule has 0 spiro atoms. The van der Waals surface area contributed by atoms with Gasteiger partial charge in [0.15, 0.2) is 0 Å². The molecule has 1 aliphatic heterocycles. The van der Waals surface area contributed by atoms with E-state index in [1.807, 2.05) is 24.3 Å². The molecule has 3 aromatic carbocycles. The van der Waals surface area contributed by atoms with Crippen molar-refractivity contribution in [1.82, 2.24) is 10.9 Å². The number of alkyl halides is 3. The Labute approximate surface area is 207 Å². The van der Waals surface area contributed by atoms with Crippen LogP contribution in [0.3, 0.4) is 0 Å². The zero-order chi connectivity index (χ0) is 24.5. The van der Waals surface area contributed by atoms with Gasteiger partial charge in [-0.3, -0.25) is 10.3 Å². The minimum atomic E-state index is -4.58. The van der Waals surface area contributed by atoms with E-state index in [0.29, 0.717) is 12.8 Å². The molecular formula is C24H19BrClF4N3O. The second kappa shape index (κ2) is 9.56. The number of hydrogen-bond acceptors (Lipinski definition) is 2. The highest BCUT2D eigenvalue weighted by Gasteiger charge is 2.49. The molecule has 1 fully saturated rings. The van der Waals surface area contributed by atoms with Crippen LogP contribution in [-0.2, 0) is 18.3 Å². The number of amides is 2. The molecule has 34 heavy (non-hydrogen) atoms. The lowest BCUT2D eigenvalue weighted by molar-refractivity contribution is -0.137. The fraction of sp³-hybridized carbons (Fsp3) is 0.208. The molecule has 2 amide bonds. The van der Waals surface area contributed by atoms with Gasteiger partial charge >= 0.3 is 12.2 Å². The lowest BCUT2D eigenvalue weighted by atomic mass is 9.90.